The molecule has 0 atom stereocenters. The number of piperazine rings is 1. The van der Waals surface area contributed by atoms with Crippen LogP contribution in [-0.2, 0) is 12.8 Å². The van der Waals surface area contributed by atoms with E-state index in [0.717, 1.165) is 49.4 Å². The number of carbonyl (C=O) groups is 1. The van der Waals surface area contributed by atoms with Gasteiger partial charge in [-0.3, -0.25) is 4.79 Å². The lowest BCUT2D eigenvalue weighted by atomic mass is 10.1. The van der Waals surface area contributed by atoms with E-state index in [2.05, 4.69) is 9.88 Å². The molecule has 1 saturated heterocycles. The van der Waals surface area contributed by atoms with Crippen LogP contribution in [0.5, 0.6) is 0 Å². The van der Waals surface area contributed by atoms with Crippen molar-refractivity contribution in [3.8, 4) is 5.69 Å². The first-order valence-corrected chi connectivity index (χ1v) is 9.93. The fourth-order valence-electron chi connectivity index (χ4n) is 4.22. The molecule has 0 saturated carbocycles. The molecule has 1 fully saturated rings. The molecule has 142 valence electrons. The summed E-state index contributed by atoms with van der Waals surface area (Å²) in [5, 5.41) is 4.75. The van der Waals surface area contributed by atoms with Gasteiger partial charge in [-0.15, -0.1) is 0 Å². The molecule has 3 heterocycles. The zero-order valence-corrected chi connectivity index (χ0v) is 15.8. The lowest BCUT2D eigenvalue weighted by Crippen LogP contribution is -2.49. The quantitative estimate of drug-likeness (QED) is 0.708. The van der Waals surface area contributed by atoms with Crippen molar-refractivity contribution >= 4 is 11.7 Å². The minimum atomic E-state index is 0.0634. The van der Waals surface area contributed by atoms with Crippen molar-refractivity contribution in [2.45, 2.75) is 19.3 Å². The minimum Gasteiger partial charge on any atom is -0.353 e. The second-order valence-corrected chi connectivity index (χ2v) is 7.34. The van der Waals surface area contributed by atoms with Crippen LogP contribution in [0.15, 0.2) is 54.7 Å². The molecule has 0 N–H and O–H groups in total. The van der Waals surface area contributed by atoms with Gasteiger partial charge in [0.2, 0.25) is 0 Å². The van der Waals surface area contributed by atoms with Gasteiger partial charge in [-0.1, -0.05) is 24.3 Å². The number of carbonyl (C=O) groups excluding carboxylic acids is 1. The fourth-order valence-corrected chi connectivity index (χ4v) is 4.22. The first-order chi connectivity index (χ1) is 13.8. The minimum absolute atomic E-state index is 0.0634. The Morgan fingerprint density at radius 1 is 0.893 bits per heavy atom. The van der Waals surface area contributed by atoms with Crippen LogP contribution in [0.2, 0.25) is 0 Å². The molecular formula is C22H23N5O. The zero-order chi connectivity index (χ0) is 18.9. The van der Waals surface area contributed by atoms with Crippen LogP contribution in [0.3, 0.4) is 0 Å². The Kier molecular flexibility index (Phi) is 4.31. The van der Waals surface area contributed by atoms with Crippen molar-refractivity contribution in [2.75, 3.05) is 31.1 Å². The number of fused-ring (bicyclic) bond motifs is 1. The van der Waals surface area contributed by atoms with Gasteiger partial charge in [0.15, 0.2) is 5.69 Å². The van der Waals surface area contributed by atoms with E-state index in [1.165, 1.54) is 5.69 Å². The highest BCUT2D eigenvalue weighted by molar-refractivity contribution is 5.94. The monoisotopic (exact) mass is 373 g/mol. The largest absolute Gasteiger partial charge is 0.353 e. The number of aromatic nitrogens is 3. The number of amides is 1. The molecule has 0 radical (unpaired) electrons. The summed E-state index contributed by atoms with van der Waals surface area (Å²) in [6.45, 7) is 2.99. The first-order valence-electron chi connectivity index (χ1n) is 9.93. The molecule has 6 heteroatoms. The third-order valence-electron chi connectivity index (χ3n) is 5.67. The van der Waals surface area contributed by atoms with Gasteiger partial charge in [-0.2, -0.15) is 5.10 Å². The standard InChI is InChI=1S/C22H23N5O/c28-22(26-15-13-25(14-16-26)20-11-4-5-12-23-20)21-18-9-6-10-19(18)27(24-21)17-7-2-1-3-8-17/h1-5,7-8,11-12H,6,9-10,13-16H2. The first kappa shape index (κ1) is 17.0. The van der Waals surface area contributed by atoms with E-state index in [9.17, 15) is 4.79 Å². The molecule has 6 nitrogen and oxygen atoms in total. The normalized spacial score (nSPS) is 16.3. The van der Waals surface area contributed by atoms with Crippen LogP contribution in [0, 0.1) is 0 Å². The highest BCUT2D eigenvalue weighted by atomic mass is 16.2. The second kappa shape index (κ2) is 7.11. The number of para-hydroxylation sites is 1. The van der Waals surface area contributed by atoms with Crippen molar-refractivity contribution in [1.82, 2.24) is 19.7 Å². The molecule has 1 amide bonds. The van der Waals surface area contributed by atoms with E-state index in [1.807, 2.05) is 64.3 Å². The number of hydrogen-bond acceptors (Lipinski definition) is 4. The summed E-state index contributed by atoms with van der Waals surface area (Å²) in [4.78, 5) is 21.9. The smallest absolute Gasteiger partial charge is 0.274 e. The Bertz CT molecular complexity index is 975. The van der Waals surface area contributed by atoms with E-state index in [4.69, 9.17) is 5.10 Å². The van der Waals surface area contributed by atoms with Crippen LogP contribution >= 0.6 is 0 Å². The maximum Gasteiger partial charge on any atom is 0.274 e. The van der Waals surface area contributed by atoms with Crippen molar-refractivity contribution in [2.24, 2.45) is 0 Å². The predicted molar refractivity (Wildman–Crippen MR) is 108 cm³/mol. The van der Waals surface area contributed by atoms with Crippen molar-refractivity contribution < 1.29 is 4.79 Å². The molecule has 0 bridgehead atoms. The van der Waals surface area contributed by atoms with Gasteiger partial charge in [-0.25, -0.2) is 9.67 Å². The van der Waals surface area contributed by atoms with Crippen LogP contribution in [0.25, 0.3) is 5.69 Å². The van der Waals surface area contributed by atoms with Crippen LogP contribution < -0.4 is 4.90 Å². The molecule has 0 spiro atoms. The third-order valence-corrected chi connectivity index (χ3v) is 5.67. The highest BCUT2D eigenvalue weighted by Crippen LogP contribution is 2.29. The average Bonchev–Trinajstić information content (AvgIpc) is 3.38. The topological polar surface area (TPSA) is 54.3 Å². The number of rotatable bonds is 3. The van der Waals surface area contributed by atoms with Crippen molar-refractivity contribution in [1.29, 1.82) is 0 Å². The van der Waals surface area contributed by atoms with Crippen molar-refractivity contribution in [3.05, 3.63) is 71.7 Å². The molecule has 28 heavy (non-hydrogen) atoms. The Morgan fingerprint density at radius 3 is 2.43 bits per heavy atom. The SMILES string of the molecule is O=C(c1nn(-c2ccccc2)c2c1CCC2)N1CCN(c2ccccn2)CC1. The van der Waals surface area contributed by atoms with Crippen LogP contribution in [-0.4, -0.2) is 51.8 Å². The summed E-state index contributed by atoms with van der Waals surface area (Å²) in [7, 11) is 0. The molecule has 3 aromatic rings. The molecule has 1 aliphatic heterocycles. The van der Waals surface area contributed by atoms with E-state index >= 15 is 0 Å². The van der Waals surface area contributed by atoms with Crippen LogP contribution in [0.1, 0.15) is 28.2 Å². The molecule has 2 aliphatic rings. The number of anilines is 1. The maximum absolute atomic E-state index is 13.3. The Balaban J connectivity index is 1.37. The summed E-state index contributed by atoms with van der Waals surface area (Å²) >= 11 is 0. The highest BCUT2D eigenvalue weighted by Gasteiger charge is 2.31. The lowest BCUT2D eigenvalue weighted by molar-refractivity contribution is 0.0739. The number of hydrogen-bond donors (Lipinski definition) is 0. The van der Waals surface area contributed by atoms with Gasteiger partial charge >= 0.3 is 0 Å². The summed E-state index contributed by atoms with van der Waals surface area (Å²) in [6, 6.07) is 16.1. The number of nitrogens with zero attached hydrogens (tertiary/aromatic N) is 5. The Morgan fingerprint density at radius 2 is 1.68 bits per heavy atom. The van der Waals surface area contributed by atoms with Gasteiger partial charge in [0.1, 0.15) is 5.82 Å². The maximum atomic E-state index is 13.3. The van der Waals surface area contributed by atoms with E-state index in [1.54, 1.807) is 0 Å². The van der Waals surface area contributed by atoms with Crippen LogP contribution in [0.4, 0.5) is 5.82 Å². The van der Waals surface area contributed by atoms with Gasteiger partial charge < -0.3 is 9.80 Å². The summed E-state index contributed by atoms with van der Waals surface area (Å²) in [5.41, 5.74) is 4.00. The molecule has 1 aromatic carbocycles. The molecule has 5 rings (SSSR count). The van der Waals surface area contributed by atoms with E-state index in [-0.39, 0.29) is 5.91 Å². The van der Waals surface area contributed by atoms with E-state index in [0.29, 0.717) is 18.8 Å². The lowest BCUT2D eigenvalue weighted by Gasteiger charge is -2.35. The summed E-state index contributed by atoms with van der Waals surface area (Å²) in [5.74, 6) is 1.04. The van der Waals surface area contributed by atoms with E-state index < -0.39 is 0 Å². The predicted octanol–water partition coefficient (Wildman–Crippen LogP) is 2.72. The number of benzene rings is 1. The third kappa shape index (κ3) is 2.95. The zero-order valence-electron chi connectivity index (χ0n) is 15.8. The van der Waals surface area contributed by atoms with Gasteiger partial charge in [0.05, 0.1) is 5.69 Å². The van der Waals surface area contributed by atoms with Crippen molar-refractivity contribution in [3.63, 3.8) is 0 Å². The number of pyridine rings is 1. The van der Waals surface area contributed by atoms with Gasteiger partial charge in [-0.05, 0) is 43.5 Å². The Hall–Kier alpha value is -3.15. The Labute approximate surface area is 164 Å². The molecular weight excluding hydrogens is 350 g/mol. The fraction of sp³-hybridized carbons (Fsp3) is 0.318. The molecule has 1 aliphatic carbocycles. The van der Waals surface area contributed by atoms with Gasteiger partial charge in [0.25, 0.3) is 5.91 Å². The average molecular weight is 373 g/mol. The second-order valence-electron chi connectivity index (χ2n) is 7.34. The summed E-state index contributed by atoms with van der Waals surface area (Å²) < 4.78 is 1.97. The summed E-state index contributed by atoms with van der Waals surface area (Å²) in [6.07, 6.45) is 4.83. The molecule has 0 unspecified atom stereocenters. The van der Waals surface area contributed by atoms with Gasteiger partial charge in [0, 0.05) is 43.6 Å². The molecule has 2 aromatic heterocycles.